The van der Waals surface area contributed by atoms with Gasteiger partial charge in [0.05, 0.1) is 0 Å². The number of allylic oxidation sites excluding steroid dienone is 1. The second-order valence-electron chi connectivity index (χ2n) is 5.22. The van der Waals surface area contributed by atoms with Gasteiger partial charge in [-0.25, -0.2) is 0 Å². The van der Waals surface area contributed by atoms with Crippen LogP contribution in [0.15, 0.2) is 12.2 Å². The van der Waals surface area contributed by atoms with Gasteiger partial charge in [0.15, 0.2) is 0 Å². The molecule has 1 atom stereocenters. The summed E-state index contributed by atoms with van der Waals surface area (Å²) in [4.78, 5) is 0. The highest BCUT2D eigenvalue weighted by Gasteiger charge is 2.35. The summed E-state index contributed by atoms with van der Waals surface area (Å²) < 4.78 is 0. The van der Waals surface area contributed by atoms with E-state index >= 15 is 0 Å². The van der Waals surface area contributed by atoms with Crippen molar-refractivity contribution < 1.29 is 0 Å². The molecule has 1 aliphatic rings. The lowest BCUT2D eigenvalue weighted by Crippen LogP contribution is -2.33. The van der Waals surface area contributed by atoms with E-state index in [-0.39, 0.29) is 0 Å². The van der Waals surface area contributed by atoms with Crippen molar-refractivity contribution in [3.05, 3.63) is 12.2 Å². The van der Waals surface area contributed by atoms with Crippen LogP contribution in [0.4, 0.5) is 0 Å². The van der Waals surface area contributed by atoms with E-state index in [1.54, 1.807) is 0 Å². The second kappa shape index (κ2) is 3.24. The lowest BCUT2D eigenvalue weighted by Gasteiger charge is -2.42. The van der Waals surface area contributed by atoms with Crippen molar-refractivity contribution in [2.45, 2.75) is 47.0 Å². The molecule has 0 heterocycles. The normalized spacial score (nSPS) is 29.4. The summed E-state index contributed by atoms with van der Waals surface area (Å²) in [5.74, 6) is 1.50. The molecule has 0 amide bonds. The standard InChI is InChI=1S/C12H22/c1-9(2)11-10(3)7-6-8-12(11,4)5/h9,11H,3,6-8H2,1-2,4-5H3. The quantitative estimate of drug-likeness (QED) is 0.516. The molecular weight excluding hydrogens is 144 g/mol. The third-order valence-corrected chi connectivity index (χ3v) is 3.27. The van der Waals surface area contributed by atoms with Gasteiger partial charge in [0.2, 0.25) is 0 Å². The van der Waals surface area contributed by atoms with Gasteiger partial charge in [0.25, 0.3) is 0 Å². The maximum absolute atomic E-state index is 4.21. The molecule has 0 aliphatic heterocycles. The average Bonchev–Trinajstić information content (AvgIpc) is 1.82. The lowest BCUT2D eigenvalue weighted by molar-refractivity contribution is 0.146. The third-order valence-electron chi connectivity index (χ3n) is 3.27. The zero-order chi connectivity index (χ0) is 9.35. The minimum atomic E-state index is 0.490. The molecule has 1 aliphatic carbocycles. The molecule has 0 bridgehead atoms. The van der Waals surface area contributed by atoms with E-state index in [1.165, 1.54) is 24.8 Å². The van der Waals surface area contributed by atoms with Crippen LogP contribution in [0, 0.1) is 17.3 Å². The van der Waals surface area contributed by atoms with Crippen LogP contribution in [0.1, 0.15) is 47.0 Å². The van der Waals surface area contributed by atoms with E-state index in [9.17, 15) is 0 Å². The first-order chi connectivity index (χ1) is 5.45. The summed E-state index contributed by atoms with van der Waals surface area (Å²) in [6, 6.07) is 0. The molecule has 1 saturated carbocycles. The Balaban J connectivity index is 2.81. The largest absolute Gasteiger partial charge is 0.0996 e. The van der Waals surface area contributed by atoms with Crippen molar-refractivity contribution in [1.29, 1.82) is 0 Å². The van der Waals surface area contributed by atoms with Crippen molar-refractivity contribution in [1.82, 2.24) is 0 Å². The highest BCUT2D eigenvalue weighted by Crippen LogP contribution is 2.46. The van der Waals surface area contributed by atoms with Crippen molar-refractivity contribution in [2.24, 2.45) is 17.3 Å². The molecule has 12 heavy (non-hydrogen) atoms. The minimum Gasteiger partial charge on any atom is -0.0996 e. The maximum atomic E-state index is 4.21. The van der Waals surface area contributed by atoms with Crippen molar-refractivity contribution >= 4 is 0 Å². The van der Waals surface area contributed by atoms with Crippen molar-refractivity contribution in [3.8, 4) is 0 Å². The Morgan fingerprint density at radius 3 is 2.33 bits per heavy atom. The topological polar surface area (TPSA) is 0 Å². The number of hydrogen-bond donors (Lipinski definition) is 0. The Morgan fingerprint density at radius 2 is 2.00 bits per heavy atom. The molecule has 0 N–H and O–H groups in total. The van der Waals surface area contributed by atoms with Crippen LogP contribution < -0.4 is 0 Å². The van der Waals surface area contributed by atoms with Crippen LogP contribution >= 0.6 is 0 Å². The van der Waals surface area contributed by atoms with Gasteiger partial charge in [-0.2, -0.15) is 0 Å². The third kappa shape index (κ3) is 1.73. The molecule has 1 fully saturated rings. The fourth-order valence-corrected chi connectivity index (χ4v) is 3.01. The zero-order valence-electron chi connectivity index (χ0n) is 8.98. The van der Waals surface area contributed by atoms with Gasteiger partial charge in [0.1, 0.15) is 0 Å². The Morgan fingerprint density at radius 1 is 1.42 bits per heavy atom. The van der Waals surface area contributed by atoms with Gasteiger partial charge in [-0.05, 0) is 36.5 Å². The first-order valence-corrected chi connectivity index (χ1v) is 5.13. The van der Waals surface area contributed by atoms with Gasteiger partial charge in [0, 0.05) is 0 Å². The van der Waals surface area contributed by atoms with E-state index in [0.717, 1.165) is 11.8 Å². The zero-order valence-corrected chi connectivity index (χ0v) is 8.98. The first-order valence-electron chi connectivity index (χ1n) is 5.13. The van der Waals surface area contributed by atoms with Crippen molar-refractivity contribution in [3.63, 3.8) is 0 Å². The van der Waals surface area contributed by atoms with Crippen LogP contribution in [0.5, 0.6) is 0 Å². The highest BCUT2D eigenvalue weighted by molar-refractivity contribution is 5.10. The molecular formula is C12H22. The molecule has 0 aromatic carbocycles. The van der Waals surface area contributed by atoms with Crippen LogP contribution in [-0.2, 0) is 0 Å². The van der Waals surface area contributed by atoms with Gasteiger partial charge >= 0.3 is 0 Å². The van der Waals surface area contributed by atoms with E-state index in [0.29, 0.717) is 5.41 Å². The van der Waals surface area contributed by atoms with Crippen molar-refractivity contribution in [2.75, 3.05) is 0 Å². The molecule has 0 aromatic heterocycles. The molecule has 0 spiro atoms. The van der Waals surface area contributed by atoms with Gasteiger partial charge in [-0.3, -0.25) is 0 Å². The molecule has 1 unspecified atom stereocenters. The lowest BCUT2D eigenvalue weighted by atomic mass is 9.63. The summed E-state index contributed by atoms with van der Waals surface area (Å²) >= 11 is 0. The van der Waals surface area contributed by atoms with Crippen LogP contribution in [0.2, 0.25) is 0 Å². The Labute approximate surface area is 77.1 Å². The molecule has 0 radical (unpaired) electrons. The summed E-state index contributed by atoms with van der Waals surface area (Å²) in [5.41, 5.74) is 1.98. The van der Waals surface area contributed by atoms with Crippen LogP contribution in [0.25, 0.3) is 0 Å². The summed E-state index contributed by atoms with van der Waals surface area (Å²) in [5, 5.41) is 0. The summed E-state index contributed by atoms with van der Waals surface area (Å²) in [6.45, 7) is 13.6. The number of hydrogen-bond acceptors (Lipinski definition) is 0. The molecule has 70 valence electrons. The first kappa shape index (κ1) is 9.83. The Kier molecular flexibility index (Phi) is 2.65. The highest BCUT2D eigenvalue weighted by atomic mass is 14.4. The fraction of sp³-hybridized carbons (Fsp3) is 0.833. The Bertz CT molecular complexity index is 174. The summed E-state index contributed by atoms with van der Waals surface area (Å²) in [7, 11) is 0. The Hall–Kier alpha value is -0.260. The molecule has 0 aromatic rings. The van der Waals surface area contributed by atoms with Gasteiger partial charge in [-0.1, -0.05) is 39.8 Å². The molecule has 0 heteroatoms. The second-order valence-corrected chi connectivity index (χ2v) is 5.22. The average molecular weight is 166 g/mol. The van der Waals surface area contributed by atoms with Gasteiger partial charge < -0.3 is 0 Å². The van der Waals surface area contributed by atoms with Crippen LogP contribution in [0.3, 0.4) is 0 Å². The molecule has 1 rings (SSSR count). The molecule has 0 nitrogen and oxygen atoms in total. The fourth-order valence-electron chi connectivity index (χ4n) is 3.01. The van der Waals surface area contributed by atoms with E-state index in [2.05, 4.69) is 34.3 Å². The monoisotopic (exact) mass is 166 g/mol. The van der Waals surface area contributed by atoms with E-state index in [4.69, 9.17) is 0 Å². The van der Waals surface area contributed by atoms with Gasteiger partial charge in [-0.15, -0.1) is 0 Å². The minimum absolute atomic E-state index is 0.490. The van der Waals surface area contributed by atoms with E-state index < -0.39 is 0 Å². The predicted octanol–water partition coefficient (Wildman–Crippen LogP) is 4.02. The van der Waals surface area contributed by atoms with Crippen LogP contribution in [-0.4, -0.2) is 0 Å². The predicted molar refractivity (Wildman–Crippen MR) is 55.1 cm³/mol. The summed E-state index contributed by atoms with van der Waals surface area (Å²) in [6.07, 6.45) is 3.97. The maximum Gasteiger partial charge on any atom is -0.0131 e. The van der Waals surface area contributed by atoms with E-state index in [1.807, 2.05) is 0 Å². The SMILES string of the molecule is C=C1CCCC(C)(C)C1C(C)C. The molecule has 0 saturated heterocycles. The smallest absolute Gasteiger partial charge is 0.0131 e. The number of rotatable bonds is 1.